The lowest BCUT2D eigenvalue weighted by Crippen LogP contribution is -2.56. The van der Waals surface area contributed by atoms with Crippen molar-refractivity contribution in [3.05, 3.63) is 60.2 Å². The lowest BCUT2D eigenvalue weighted by atomic mass is 9.73. The average molecular weight is 597 g/mol. The highest BCUT2D eigenvalue weighted by Crippen LogP contribution is 2.50. The molecule has 1 aromatic rings. The number of fused-ring (bicyclic) bond motifs is 1. The maximum Gasteiger partial charge on any atom is 0.338 e. The van der Waals surface area contributed by atoms with Crippen LogP contribution in [-0.2, 0) is 42.9 Å². The molecule has 10 nitrogen and oxygen atoms in total. The van der Waals surface area contributed by atoms with Gasteiger partial charge in [-0.25, -0.2) is 4.79 Å². The Kier molecular flexibility index (Phi) is 10.1. The van der Waals surface area contributed by atoms with Gasteiger partial charge in [-0.05, 0) is 37.5 Å². The molecular formula is C33H40O10. The van der Waals surface area contributed by atoms with Crippen molar-refractivity contribution in [3.63, 3.8) is 0 Å². The number of ether oxygens (including phenoxy) is 4. The van der Waals surface area contributed by atoms with Gasteiger partial charge < -0.3 is 18.9 Å². The molecule has 0 aliphatic heterocycles. The van der Waals surface area contributed by atoms with Gasteiger partial charge in [-0.3, -0.25) is 24.0 Å². The summed E-state index contributed by atoms with van der Waals surface area (Å²) in [6, 6.07) is 8.22. The molecule has 0 aromatic heterocycles. The van der Waals surface area contributed by atoms with E-state index in [-0.39, 0.29) is 24.0 Å². The van der Waals surface area contributed by atoms with Crippen LogP contribution in [0.15, 0.2) is 54.6 Å². The van der Waals surface area contributed by atoms with E-state index < -0.39 is 82.5 Å². The highest BCUT2D eigenvalue weighted by atomic mass is 16.6. The molecule has 0 spiro atoms. The molecule has 0 bridgehead atoms. The van der Waals surface area contributed by atoms with Crippen LogP contribution < -0.4 is 0 Å². The second-order valence-corrected chi connectivity index (χ2v) is 12.0. The molecule has 0 radical (unpaired) electrons. The average Bonchev–Trinajstić information content (AvgIpc) is 3.18. The standard InChI is InChI=1S/C33H40O10/c1-18-14-15-32(7,8)30(38)25(40-21(4)34)16-19(2)27(41-22(5)35)26-28(42-31(39)24-12-10-9-11-13-24)20(3)17-33(26,29(18)37)43-23(6)36/h9-15,18,20,25-28H,2,16-17H2,1,3-8H3/b15-14+/t18-,20+,25-,26-,27+,28+,33+/m0/s1. The zero-order valence-corrected chi connectivity index (χ0v) is 25.7. The molecule has 2 aliphatic rings. The fourth-order valence-electron chi connectivity index (χ4n) is 6.09. The molecule has 10 heteroatoms. The molecule has 232 valence electrons. The molecular weight excluding hydrogens is 556 g/mol. The fourth-order valence-corrected chi connectivity index (χ4v) is 6.09. The van der Waals surface area contributed by atoms with E-state index in [2.05, 4.69) is 6.58 Å². The Morgan fingerprint density at radius 1 is 0.860 bits per heavy atom. The molecule has 1 fully saturated rings. The number of carbonyl (C=O) groups is 6. The molecule has 0 N–H and O–H groups in total. The highest BCUT2D eigenvalue weighted by Gasteiger charge is 2.65. The first-order valence-corrected chi connectivity index (χ1v) is 14.3. The van der Waals surface area contributed by atoms with Gasteiger partial charge in [-0.15, -0.1) is 0 Å². The van der Waals surface area contributed by atoms with E-state index in [1.807, 2.05) is 0 Å². The van der Waals surface area contributed by atoms with Gasteiger partial charge >= 0.3 is 23.9 Å². The maximum absolute atomic E-state index is 14.4. The minimum Gasteiger partial charge on any atom is -0.458 e. The SMILES string of the molecule is C=C1C[C@H](OC(C)=O)C(=O)C(C)(C)/C=C/[C@H](C)C(=O)[C@@]2(OC(C)=O)C[C@@H](C)[C@@H](OC(=O)c3ccccc3)[C@@H]2[C@@H]1OC(C)=O. The summed E-state index contributed by atoms with van der Waals surface area (Å²) in [6.45, 7) is 14.2. The van der Waals surface area contributed by atoms with Gasteiger partial charge in [-0.1, -0.05) is 50.8 Å². The summed E-state index contributed by atoms with van der Waals surface area (Å²) in [4.78, 5) is 78.5. The van der Waals surface area contributed by atoms with Crippen LogP contribution in [0.1, 0.15) is 71.7 Å². The van der Waals surface area contributed by atoms with Gasteiger partial charge in [0, 0.05) is 44.9 Å². The Balaban J connectivity index is 2.29. The van der Waals surface area contributed by atoms with E-state index >= 15 is 0 Å². The number of rotatable bonds is 5. The largest absolute Gasteiger partial charge is 0.458 e. The third kappa shape index (κ3) is 7.29. The number of Topliss-reactive ketones (excluding diaryl/α,β-unsaturated/α-hetero) is 2. The van der Waals surface area contributed by atoms with Crippen LogP contribution in [0.2, 0.25) is 0 Å². The van der Waals surface area contributed by atoms with Crippen LogP contribution in [0.4, 0.5) is 0 Å². The fraction of sp³-hybridized carbons (Fsp3) is 0.515. The van der Waals surface area contributed by atoms with Crippen molar-refractivity contribution in [1.82, 2.24) is 0 Å². The minimum atomic E-state index is -1.90. The van der Waals surface area contributed by atoms with Gasteiger partial charge in [0.15, 0.2) is 23.3 Å². The van der Waals surface area contributed by atoms with Crippen LogP contribution in [0.25, 0.3) is 0 Å². The van der Waals surface area contributed by atoms with E-state index in [0.717, 1.165) is 13.8 Å². The topological polar surface area (TPSA) is 139 Å². The van der Waals surface area contributed by atoms with Crippen LogP contribution in [0.3, 0.4) is 0 Å². The summed E-state index contributed by atoms with van der Waals surface area (Å²) >= 11 is 0. The third-order valence-corrected chi connectivity index (χ3v) is 7.99. The first-order chi connectivity index (χ1) is 20.0. The molecule has 43 heavy (non-hydrogen) atoms. The maximum atomic E-state index is 14.4. The van der Waals surface area contributed by atoms with Crippen molar-refractivity contribution in [2.24, 2.45) is 23.2 Å². The normalized spacial score (nSPS) is 31.5. The smallest absolute Gasteiger partial charge is 0.338 e. The lowest BCUT2D eigenvalue weighted by Gasteiger charge is -2.41. The Morgan fingerprint density at radius 3 is 2.02 bits per heavy atom. The van der Waals surface area contributed by atoms with Crippen molar-refractivity contribution >= 4 is 35.4 Å². The Hall–Kier alpha value is -4.08. The Bertz CT molecular complexity index is 1330. The van der Waals surface area contributed by atoms with Crippen LogP contribution in [0, 0.1) is 23.2 Å². The third-order valence-electron chi connectivity index (χ3n) is 7.99. The number of allylic oxidation sites excluding steroid dienone is 2. The summed E-state index contributed by atoms with van der Waals surface area (Å²) < 4.78 is 23.1. The monoisotopic (exact) mass is 596 g/mol. The quantitative estimate of drug-likeness (QED) is 0.274. The number of hydrogen-bond donors (Lipinski definition) is 0. The highest BCUT2D eigenvalue weighted by molar-refractivity contribution is 5.95. The molecule has 1 aromatic carbocycles. The van der Waals surface area contributed by atoms with Crippen molar-refractivity contribution < 1.29 is 47.7 Å². The molecule has 0 amide bonds. The number of ketones is 2. The van der Waals surface area contributed by atoms with Crippen molar-refractivity contribution in [2.75, 3.05) is 0 Å². The van der Waals surface area contributed by atoms with Gasteiger partial charge in [0.25, 0.3) is 0 Å². The van der Waals surface area contributed by atoms with E-state index in [1.165, 1.54) is 6.92 Å². The van der Waals surface area contributed by atoms with Crippen molar-refractivity contribution in [2.45, 2.75) is 85.2 Å². The molecule has 0 unspecified atom stereocenters. The first-order valence-electron chi connectivity index (χ1n) is 14.3. The van der Waals surface area contributed by atoms with Crippen molar-refractivity contribution in [3.8, 4) is 0 Å². The van der Waals surface area contributed by atoms with Crippen molar-refractivity contribution in [1.29, 1.82) is 0 Å². The molecule has 2 aliphatic carbocycles. The summed E-state index contributed by atoms with van der Waals surface area (Å²) in [5.41, 5.74) is -2.70. The predicted octanol–water partition coefficient (Wildman–Crippen LogP) is 4.35. The van der Waals surface area contributed by atoms with Gasteiger partial charge in [0.2, 0.25) is 0 Å². The molecule has 7 atom stereocenters. The zero-order valence-electron chi connectivity index (χ0n) is 25.7. The second kappa shape index (κ2) is 13.1. The number of benzene rings is 1. The van der Waals surface area contributed by atoms with Gasteiger partial charge in [0.1, 0.15) is 12.2 Å². The van der Waals surface area contributed by atoms with Crippen LogP contribution in [-0.4, -0.2) is 59.4 Å². The molecule has 0 heterocycles. The molecule has 0 saturated heterocycles. The van der Waals surface area contributed by atoms with Gasteiger partial charge in [0.05, 0.1) is 11.5 Å². The lowest BCUT2D eigenvalue weighted by molar-refractivity contribution is -0.182. The first kappa shape index (κ1) is 33.4. The van der Waals surface area contributed by atoms with Gasteiger partial charge in [-0.2, -0.15) is 0 Å². The predicted molar refractivity (Wildman–Crippen MR) is 154 cm³/mol. The number of hydrogen-bond acceptors (Lipinski definition) is 10. The summed E-state index contributed by atoms with van der Waals surface area (Å²) in [6.07, 6.45) is -0.970. The van der Waals surface area contributed by atoms with E-state index in [9.17, 15) is 28.8 Å². The molecule has 3 rings (SSSR count). The minimum absolute atomic E-state index is 0.0399. The second-order valence-electron chi connectivity index (χ2n) is 12.0. The Morgan fingerprint density at radius 2 is 1.47 bits per heavy atom. The summed E-state index contributed by atoms with van der Waals surface area (Å²) in [7, 11) is 0. The van der Waals surface area contributed by atoms with E-state index in [4.69, 9.17) is 18.9 Å². The summed E-state index contributed by atoms with van der Waals surface area (Å²) in [5, 5.41) is 0. The van der Waals surface area contributed by atoms with E-state index in [0.29, 0.717) is 0 Å². The summed E-state index contributed by atoms with van der Waals surface area (Å²) in [5.74, 6) is -6.55. The number of carbonyl (C=O) groups excluding carboxylic acids is 6. The van der Waals surface area contributed by atoms with Crippen LogP contribution >= 0.6 is 0 Å². The zero-order chi connectivity index (χ0) is 32.3. The van der Waals surface area contributed by atoms with E-state index in [1.54, 1.807) is 70.2 Å². The molecule has 1 saturated carbocycles. The number of esters is 4. The van der Waals surface area contributed by atoms with Crippen LogP contribution in [0.5, 0.6) is 0 Å². The Labute approximate surface area is 251 Å².